The molecule has 6 aromatic carbocycles. The van der Waals surface area contributed by atoms with Gasteiger partial charge in [-0.05, 0) is 85.6 Å². The van der Waals surface area contributed by atoms with Gasteiger partial charge in [0, 0.05) is 67.6 Å². The van der Waals surface area contributed by atoms with Gasteiger partial charge in [0.25, 0.3) is 0 Å². The summed E-state index contributed by atoms with van der Waals surface area (Å²) in [6.45, 7) is 4.31. The van der Waals surface area contributed by atoms with Crippen LogP contribution in [0.2, 0.25) is 0 Å². The van der Waals surface area contributed by atoms with Crippen molar-refractivity contribution in [1.82, 2.24) is 19.1 Å². The van der Waals surface area contributed by atoms with Gasteiger partial charge in [-0.2, -0.15) is 0 Å². The van der Waals surface area contributed by atoms with E-state index in [1.165, 1.54) is 54.7 Å². The molecule has 10 rings (SSSR count). The van der Waals surface area contributed by atoms with Crippen LogP contribution in [0.15, 0.2) is 170 Å². The number of nitrogens with zero attached hydrogens (tertiary/aromatic N) is 4. The van der Waals surface area contributed by atoms with E-state index < -0.39 is 0 Å². The third-order valence-corrected chi connectivity index (χ3v) is 10.5. The van der Waals surface area contributed by atoms with Crippen molar-refractivity contribution < 1.29 is 0 Å². The predicted molar refractivity (Wildman–Crippen MR) is 216 cm³/mol. The maximum Gasteiger partial charge on any atom is 0.0705 e. The Kier molecular flexibility index (Phi) is 6.90. The minimum absolute atomic E-state index is 0.950. The average Bonchev–Trinajstić information content (AvgIpc) is 3.72. The second-order valence-electron chi connectivity index (χ2n) is 13.6. The Morgan fingerprint density at radius 2 is 0.712 bits per heavy atom. The second kappa shape index (κ2) is 11.9. The predicted octanol–water partition coefficient (Wildman–Crippen LogP) is 12.3. The molecule has 0 aliphatic carbocycles. The third kappa shape index (κ3) is 4.76. The summed E-state index contributed by atoms with van der Waals surface area (Å²) < 4.78 is 4.71. The Bertz CT molecular complexity index is 2650. The van der Waals surface area contributed by atoms with Gasteiger partial charge in [0.05, 0.1) is 33.5 Å². The first-order valence-electron chi connectivity index (χ1n) is 17.7. The molecule has 4 heteroatoms. The van der Waals surface area contributed by atoms with Crippen LogP contribution in [0.3, 0.4) is 0 Å². The lowest BCUT2D eigenvalue weighted by Crippen LogP contribution is -1.97. The number of pyridine rings is 2. The number of aromatic nitrogens is 4. The lowest BCUT2D eigenvalue weighted by atomic mass is 10.0. The van der Waals surface area contributed by atoms with Gasteiger partial charge >= 0.3 is 0 Å². The van der Waals surface area contributed by atoms with Gasteiger partial charge in [0.15, 0.2) is 0 Å². The molecule has 0 aliphatic heterocycles. The molecule has 4 heterocycles. The Morgan fingerprint density at radius 3 is 1.04 bits per heavy atom. The molecule has 0 atom stereocenters. The van der Waals surface area contributed by atoms with Crippen molar-refractivity contribution in [3.63, 3.8) is 0 Å². The van der Waals surface area contributed by atoms with Gasteiger partial charge in [-0.3, -0.25) is 9.97 Å². The van der Waals surface area contributed by atoms with Crippen molar-refractivity contribution in [2.24, 2.45) is 0 Å². The van der Waals surface area contributed by atoms with Crippen LogP contribution in [0, 0.1) is 13.8 Å². The minimum atomic E-state index is 0.950. The Balaban J connectivity index is 0.973. The molecule has 0 fully saturated rings. The molecule has 0 saturated carbocycles. The van der Waals surface area contributed by atoms with Crippen molar-refractivity contribution in [2.45, 2.75) is 13.8 Å². The molecule has 4 aromatic heterocycles. The maximum absolute atomic E-state index is 4.98. The fraction of sp³-hybridized carbons (Fsp3) is 0.0417. The SMILES string of the molecule is Cc1ccc(-n2c3ccccc3c3ccccc32)cc1-c1ccc(-c2ccc(-c3cc(-n4c5ccccc5c5ccccc54)ccc3C)nc2)cn1. The lowest BCUT2D eigenvalue weighted by Gasteiger charge is -2.13. The third-order valence-electron chi connectivity index (χ3n) is 10.5. The monoisotopic (exact) mass is 666 g/mol. The van der Waals surface area contributed by atoms with Gasteiger partial charge in [-0.25, -0.2) is 0 Å². The molecule has 0 saturated heterocycles. The zero-order valence-electron chi connectivity index (χ0n) is 29.0. The van der Waals surface area contributed by atoms with Gasteiger partial charge in [-0.1, -0.05) is 97.1 Å². The Labute approximate surface area is 301 Å². The number of rotatable bonds is 5. The minimum Gasteiger partial charge on any atom is -0.309 e. The van der Waals surface area contributed by atoms with Crippen molar-refractivity contribution in [3.05, 3.63) is 181 Å². The van der Waals surface area contributed by atoms with Crippen molar-refractivity contribution in [1.29, 1.82) is 0 Å². The first-order chi connectivity index (χ1) is 25.6. The molecule has 0 N–H and O–H groups in total. The largest absolute Gasteiger partial charge is 0.309 e. The standard InChI is InChI=1S/C48H34N4/c1-31-19-23-35(51-45-15-7-3-11-37(45)38-12-4-8-16-46(38)51)27-41(31)43-25-21-33(29-49-43)34-22-26-44(50-30-34)42-28-36(24-20-32(42)2)52-47-17-9-5-13-39(47)40-14-6-10-18-48(40)52/h3-30H,1-2H3. The Morgan fingerprint density at radius 1 is 0.365 bits per heavy atom. The summed E-state index contributed by atoms with van der Waals surface area (Å²) in [6, 6.07) is 56.4. The number of benzene rings is 6. The number of hydrogen-bond donors (Lipinski definition) is 0. The zero-order chi connectivity index (χ0) is 34.8. The summed E-state index contributed by atoms with van der Waals surface area (Å²) in [5, 5.41) is 5.03. The summed E-state index contributed by atoms with van der Waals surface area (Å²) >= 11 is 0. The highest BCUT2D eigenvalue weighted by Crippen LogP contribution is 2.36. The van der Waals surface area contributed by atoms with Crippen LogP contribution >= 0.6 is 0 Å². The highest BCUT2D eigenvalue weighted by molar-refractivity contribution is 6.10. The van der Waals surface area contributed by atoms with E-state index in [-0.39, 0.29) is 0 Å². The van der Waals surface area contributed by atoms with E-state index in [2.05, 4.69) is 181 Å². The summed E-state index contributed by atoms with van der Waals surface area (Å²) in [4.78, 5) is 9.96. The van der Waals surface area contributed by atoms with Crippen LogP contribution in [-0.2, 0) is 0 Å². The van der Waals surface area contributed by atoms with Gasteiger partial charge in [-0.15, -0.1) is 0 Å². The van der Waals surface area contributed by atoms with Gasteiger partial charge in [0.1, 0.15) is 0 Å². The van der Waals surface area contributed by atoms with E-state index in [1.54, 1.807) is 0 Å². The fourth-order valence-corrected chi connectivity index (χ4v) is 7.90. The van der Waals surface area contributed by atoms with E-state index in [1.807, 2.05) is 12.4 Å². The number of hydrogen-bond acceptors (Lipinski definition) is 2. The van der Waals surface area contributed by atoms with Crippen LogP contribution in [0.4, 0.5) is 0 Å². The van der Waals surface area contributed by atoms with E-state index in [0.717, 1.165) is 45.0 Å². The smallest absolute Gasteiger partial charge is 0.0705 e. The maximum atomic E-state index is 4.98. The van der Waals surface area contributed by atoms with Crippen LogP contribution in [0.1, 0.15) is 11.1 Å². The molecule has 0 bridgehead atoms. The van der Waals surface area contributed by atoms with E-state index in [4.69, 9.17) is 9.97 Å². The molecule has 10 aromatic rings. The van der Waals surface area contributed by atoms with Crippen LogP contribution in [0.5, 0.6) is 0 Å². The van der Waals surface area contributed by atoms with Crippen molar-refractivity contribution in [3.8, 4) is 45.0 Å². The van der Waals surface area contributed by atoms with Crippen LogP contribution < -0.4 is 0 Å². The quantitative estimate of drug-likeness (QED) is 0.183. The summed E-state index contributed by atoms with van der Waals surface area (Å²) in [5.74, 6) is 0. The normalized spacial score (nSPS) is 11.7. The highest BCUT2D eigenvalue weighted by atomic mass is 15.0. The Hall–Kier alpha value is -6.78. The van der Waals surface area contributed by atoms with E-state index in [0.29, 0.717) is 0 Å². The molecule has 0 spiro atoms. The van der Waals surface area contributed by atoms with E-state index in [9.17, 15) is 0 Å². The zero-order valence-corrected chi connectivity index (χ0v) is 29.0. The lowest BCUT2D eigenvalue weighted by molar-refractivity contribution is 1.17. The number of aryl methyl sites for hydroxylation is 2. The van der Waals surface area contributed by atoms with E-state index >= 15 is 0 Å². The van der Waals surface area contributed by atoms with Crippen molar-refractivity contribution >= 4 is 43.6 Å². The molecule has 0 unspecified atom stereocenters. The molecule has 0 aliphatic rings. The molecular formula is C48H34N4. The summed E-state index contributed by atoms with van der Waals surface area (Å²) in [7, 11) is 0. The first kappa shape index (κ1) is 30.1. The molecule has 0 amide bonds. The average molecular weight is 667 g/mol. The highest BCUT2D eigenvalue weighted by Gasteiger charge is 2.16. The fourth-order valence-electron chi connectivity index (χ4n) is 7.90. The summed E-state index contributed by atoms with van der Waals surface area (Å²) in [5.41, 5.74) is 15.7. The first-order valence-corrected chi connectivity index (χ1v) is 17.7. The van der Waals surface area contributed by atoms with Gasteiger partial charge in [0.2, 0.25) is 0 Å². The van der Waals surface area contributed by atoms with Crippen molar-refractivity contribution in [2.75, 3.05) is 0 Å². The molecular weight excluding hydrogens is 633 g/mol. The van der Waals surface area contributed by atoms with Crippen LogP contribution in [0.25, 0.3) is 88.6 Å². The topological polar surface area (TPSA) is 35.6 Å². The number of fused-ring (bicyclic) bond motifs is 6. The van der Waals surface area contributed by atoms with Crippen LogP contribution in [-0.4, -0.2) is 19.1 Å². The number of para-hydroxylation sites is 4. The second-order valence-corrected chi connectivity index (χ2v) is 13.6. The van der Waals surface area contributed by atoms with Gasteiger partial charge < -0.3 is 9.13 Å². The molecule has 0 radical (unpaired) electrons. The molecule has 4 nitrogen and oxygen atoms in total. The summed E-state index contributed by atoms with van der Waals surface area (Å²) in [6.07, 6.45) is 3.93. The molecule has 246 valence electrons. The molecule has 52 heavy (non-hydrogen) atoms.